The summed E-state index contributed by atoms with van der Waals surface area (Å²) in [5, 5.41) is 9.18. The smallest absolute Gasteiger partial charge is 0.183 e. The zero-order valence-corrected chi connectivity index (χ0v) is 14.7. The first-order chi connectivity index (χ1) is 13.1. The molecular weight excluding hydrogens is 345 g/mol. The Morgan fingerprint density at radius 3 is 2.63 bits per heavy atom. The molecule has 0 aliphatic carbocycles. The van der Waals surface area contributed by atoms with Gasteiger partial charge in [0.2, 0.25) is 0 Å². The molecule has 0 fully saturated rings. The van der Waals surface area contributed by atoms with Crippen LogP contribution in [-0.4, -0.2) is 32.1 Å². The number of aromatic nitrogens is 4. The summed E-state index contributed by atoms with van der Waals surface area (Å²) in [5.74, 6) is 1.11. The Kier molecular flexibility index (Phi) is 4.52. The van der Waals surface area contributed by atoms with Crippen LogP contribution in [0.3, 0.4) is 0 Å². The Bertz CT molecular complexity index is 1080. The van der Waals surface area contributed by atoms with E-state index < -0.39 is 0 Å². The van der Waals surface area contributed by atoms with Crippen molar-refractivity contribution in [2.24, 2.45) is 0 Å². The molecule has 136 valence electrons. The molecule has 0 amide bonds. The number of aliphatic hydroxyl groups excluding tert-OH is 1. The number of fused-ring (bicyclic) bond motifs is 1. The molecule has 0 aliphatic rings. The fraction of sp³-hybridized carbons (Fsp3) is 0.150. The van der Waals surface area contributed by atoms with Gasteiger partial charge in [0.15, 0.2) is 11.5 Å². The first kappa shape index (κ1) is 17.1. The molecule has 2 aromatic heterocycles. The lowest BCUT2D eigenvalue weighted by Gasteiger charge is -2.18. The number of H-pyrrole nitrogens is 1. The van der Waals surface area contributed by atoms with Crippen molar-refractivity contribution in [3.05, 3.63) is 71.8 Å². The first-order valence-corrected chi connectivity index (χ1v) is 8.50. The molecule has 2 N–H and O–H groups in total. The normalized spacial score (nSPS) is 11.1. The van der Waals surface area contributed by atoms with Crippen molar-refractivity contribution in [3.8, 4) is 11.4 Å². The highest BCUT2D eigenvalue weighted by Gasteiger charge is 2.14. The topological polar surface area (TPSA) is 77.9 Å². The van der Waals surface area contributed by atoms with E-state index in [1.54, 1.807) is 6.07 Å². The van der Waals surface area contributed by atoms with E-state index >= 15 is 0 Å². The Hall–Kier alpha value is -3.32. The highest BCUT2D eigenvalue weighted by Crippen LogP contribution is 2.25. The van der Waals surface area contributed by atoms with Crippen LogP contribution in [0.2, 0.25) is 0 Å². The second-order valence-electron chi connectivity index (χ2n) is 6.32. The number of hydrogen-bond donors (Lipinski definition) is 2. The maximum Gasteiger partial charge on any atom is 0.183 e. The van der Waals surface area contributed by atoms with E-state index in [1.807, 2.05) is 42.3 Å². The van der Waals surface area contributed by atoms with Crippen LogP contribution in [0, 0.1) is 5.82 Å². The van der Waals surface area contributed by atoms with Gasteiger partial charge in [-0.25, -0.2) is 19.3 Å². The third-order valence-electron chi connectivity index (χ3n) is 4.35. The van der Waals surface area contributed by atoms with Crippen LogP contribution in [-0.2, 0) is 13.2 Å². The average molecular weight is 363 g/mol. The van der Waals surface area contributed by atoms with Crippen LogP contribution in [0.25, 0.3) is 22.6 Å². The minimum absolute atomic E-state index is 0.000902. The van der Waals surface area contributed by atoms with Crippen LogP contribution in [0.5, 0.6) is 0 Å². The number of aromatic amines is 1. The SMILES string of the molecule is CN(Cc1cccc(F)c1)c1ncnc2nc(-c3ccc(CO)cc3)[nH]c12. The molecule has 0 radical (unpaired) electrons. The van der Waals surface area contributed by atoms with Gasteiger partial charge in [0.05, 0.1) is 6.61 Å². The summed E-state index contributed by atoms with van der Waals surface area (Å²) in [6.45, 7) is 0.504. The summed E-state index contributed by atoms with van der Waals surface area (Å²) in [6.07, 6.45) is 1.47. The number of aliphatic hydroxyl groups is 1. The van der Waals surface area contributed by atoms with Gasteiger partial charge in [-0.05, 0) is 23.3 Å². The van der Waals surface area contributed by atoms with E-state index in [9.17, 15) is 9.50 Å². The van der Waals surface area contributed by atoms with E-state index in [-0.39, 0.29) is 12.4 Å². The van der Waals surface area contributed by atoms with Crippen LogP contribution >= 0.6 is 0 Å². The third kappa shape index (κ3) is 3.50. The number of anilines is 1. The summed E-state index contributed by atoms with van der Waals surface area (Å²) < 4.78 is 13.4. The van der Waals surface area contributed by atoms with Crippen molar-refractivity contribution in [1.82, 2.24) is 19.9 Å². The Labute approximate surface area is 155 Å². The van der Waals surface area contributed by atoms with Crippen molar-refractivity contribution < 1.29 is 9.50 Å². The van der Waals surface area contributed by atoms with Gasteiger partial charge in [-0.3, -0.25) is 0 Å². The zero-order valence-electron chi connectivity index (χ0n) is 14.7. The quantitative estimate of drug-likeness (QED) is 0.569. The van der Waals surface area contributed by atoms with Gasteiger partial charge < -0.3 is 15.0 Å². The van der Waals surface area contributed by atoms with Crippen LogP contribution in [0.1, 0.15) is 11.1 Å². The van der Waals surface area contributed by atoms with Crippen molar-refractivity contribution in [3.63, 3.8) is 0 Å². The number of halogens is 1. The Morgan fingerprint density at radius 1 is 1.07 bits per heavy atom. The largest absolute Gasteiger partial charge is 0.392 e. The molecule has 0 atom stereocenters. The van der Waals surface area contributed by atoms with Crippen molar-refractivity contribution >= 4 is 17.0 Å². The van der Waals surface area contributed by atoms with Gasteiger partial charge in [0.1, 0.15) is 23.5 Å². The van der Waals surface area contributed by atoms with E-state index in [2.05, 4.69) is 19.9 Å². The Morgan fingerprint density at radius 2 is 1.89 bits per heavy atom. The van der Waals surface area contributed by atoms with Crippen molar-refractivity contribution in [2.75, 3.05) is 11.9 Å². The fourth-order valence-electron chi connectivity index (χ4n) is 2.99. The molecule has 0 spiro atoms. The lowest BCUT2D eigenvalue weighted by Crippen LogP contribution is -2.18. The summed E-state index contributed by atoms with van der Waals surface area (Å²) >= 11 is 0. The number of hydrogen-bond acceptors (Lipinski definition) is 5. The lowest BCUT2D eigenvalue weighted by atomic mass is 10.1. The minimum atomic E-state index is -0.260. The second kappa shape index (κ2) is 7.13. The summed E-state index contributed by atoms with van der Waals surface area (Å²) in [6, 6.07) is 14.0. The minimum Gasteiger partial charge on any atom is -0.392 e. The molecule has 6 nitrogen and oxygen atoms in total. The predicted octanol–water partition coefficient (Wildman–Crippen LogP) is 3.29. The molecule has 0 bridgehead atoms. The van der Waals surface area contributed by atoms with Crippen molar-refractivity contribution in [2.45, 2.75) is 13.2 Å². The standard InChI is InChI=1S/C20H18FN5O/c1-26(10-14-3-2-4-16(21)9-14)20-17-19(22-12-23-20)25-18(24-17)15-7-5-13(11-27)6-8-15/h2-9,12,27H,10-11H2,1H3,(H,22,23,24,25). The fourth-order valence-corrected chi connectivity index (χ4v) is 2.99. The summed E-state index contributed by atoms with van der Waals surface area (Å²) in [5.41, 5.74) is 3.86. The van der Waals surface area contributed by atoms with Gasteiger partial charge in [-0.15, -0.1) is 0 Å². The highest BCUT2D eigenvalue weighted by molar-refractivity contribution is 5.85. The van der Waals surface area contributed by atoms with Gasteiger partial charge >= 0.3 is 0 Å². The molecule has 2 heterocycles. The molecule has 27 heavy (non-hydrogen) atoms. The molecule has 0 unspecified atom stereocenters. The summed E-state index contributed by atoms with van der Waals surface area (Å²) in [7, 11) is 1.89. The van der Waals surface area contributed by atoms with Gasteiger partial charge in [0, 0.05) is 19.2 Å². The number of imidazole rings is 1. The molecule has 4 aromatic rings. The van der Waals surface area contributed by atoms with Crippen molar-refractivity contribution in [1.29, 1.82) is 0 Å². The molecular formula is C20H18FN5O. The summed E-state index contributed by atoms with van der Waals surface area (Å²) in [4.78, 5) is 18.4. The maximum atomic E-state index is 13.4. The molecule has 0 aliphatic heterocycles. The first-order valence-electron chi connectivity index (χ1n) is 8.50. The number of nitrogens with zero attached hydrogens (tertiary/aromatic N) is 4. The van der Waals surface area contributed by atoms with Gasteiger partial charge in [0.25, 0.3) is 0 Å². The second-order valence-corrected chi connectivity index (χ2v) is 6.32. The molecule has 4 rings (SSSR count). The van der Waals surface area contributed by atoms with E-state index in [4.69, 9.17) is 0 Å². The monoisotopic (exact) mass is 363 g/mol. The number of benzene rings is 2. The van der Waals surface area contributed by atoms with Crippen LogP contribution in [0.4, 0.5) is 10.2 Å². The van der Waals surface area contributed by atoms with E-state index in [0.717, 1.165) is 22.2 Å². The molecule has 7 heteroatoms. The zero-order chi connectivity index (χ0) is 18.8. The van der Waals surface area contributed by atoms with E-state index in [1.165, 1.54) is 18.5 Å². The average Bonchev–Trinajstić information content (AvgIpc) is 3.12. The number of rotatable bonds is 5. The molecule has 2 aromatic carbocycles. The number of nitrogens with one attached hydrogen (secondary N) is 1. The van der Waals surface area contributed by atoms with Gasteiger partial charge in [-0.2, -0.15) is 0 Å². The Balaban J connectivity index is 1.68. The van der Waals surface area contributed by atoms with Crippen LogP contribution < -0.4 is 4.90 Å². The lowest BCUT2D eigenvalue weighted by molar-refractivity contribution is 0.282. The predicted molar refractivity (Wildman–Crippen MR) is 102 cm³/mol. The maximum absolute atomic E-state index is 13.4. The highest BCUT2D eigenvalue weighted by atomic mass is 19.1. The molecule has 0 saturated carbocycles. The van der Waals surface area contributed by atoms with E-state index in [0.29, 0.717) is 23.8 Å². The molecule has 0 saturated heterocycles. The third-order valence-corrected chi connectivity index (χ3v) is 4.35. The van der Waals surface area contributed by atoms with Gasteiger partial charge in [-0.1, -0.05) is 36.4 Å². The van der Waals surface area contributed by atoms with Crippen LogP contribution in [0.15, 0.2) is 54.9 Å².